The Morgan fingerprint density at radius 1 is 0.905 bits per heavy atom. The summed E-state index contributed by atoms with van der Waals surface area (Å²) in [6.45, 7) is 8.79. The van der Waals surface area contributed by atoms with Crippen molar-refractivity contribution in [3.8, 4) is 0 Å². The Morgan fingerprint density at radius 2 is 1.52 bits per heavy atom. The standard InChI is InChI=1S/C19H24OSi/c1-16-10-13-18(14-11-16)19(20-21(2,3)4)15-12-17-8-6-5-7-9-17/h5-15,19H,1-4H3/b15-12+. The van der Waals surface area contributed by atoms with Gasteiger partial charge in [0.15, 0.2) is 8.32 Å². The molecule has 0 radical (unpaired) electrons. The third-order valence-electron chi connectivity index (χ3n) is 3.15. The number of rotatable bonds is 5. The van der Waals surface area contributed by atoms with Crippen LogP contribution < -0.4 is 0 Å². The van der Waals surface area contributed by atoms with Crippen LogP contribution in [-0.2, 0) is 4.43 Å². The van der Waals surface area contributed by atoms with Crippen LogP contribution in [0.25, 0.3) is 6.08 Å². The molecule has 1 unspecified atom stereocenters. The maximum Gasteiger partial charge on any atom is 0.185 e. The van der Waals surface area contributed by atoms with Crippen LogP contribution in [0.2, 0.25) is 19.6 Å². The Morgan fingerprint density at radius 3 is 2.10 bits per heavy atom. The Kier molecular flexibility index (Phi) is 5.15. The van der Waals surface area contributed by atoms with Gasteiger partial charge in [0.05, 0.1) is 6.10 Å². The molecular formula is C19H24OSi. The van der Waals surface area contributed by atoms with Crippen molar-refractivity contribution in [2.24, 2.45) is 0 Å². The van der Waals surface area contributed by atoms with E-state index in [-0.39, 0.29) is 6.10 Å². The zero-order chi connectivity index (χ0) is 15.3. The van der Waals surface area contributed by atoms with Gasteiger partial charge in [-0.2, -0.15) is 0 Å². The van der Waals surface area contributed by atoms with Gasteiger partial charge in [-0.15, -0.1) is 0 Å². The van der Waals surface area contributed by atoms with Gasteiger partial charge >= 0.3 is 0 Å². The van der Waals surface area contributed by atoms with Gasteiger partial charge < -0.3 is 4.43 Å². The van der Waals surface area contributed by atoms with Crippen molar-refractivity contribution in [1.29, 1.82) is 0 Å². The van der Waals surface area contributed by atoms with Crippen LogP contribution in [0.3, 0.4) is 0 Å². The SMILES string of the molecule is Cc1ccc(C(/C=C/c2ccccc2)O[Si](C)(C)C)cc1. The van der Waals surface area contributed by atoms with E-state index in [0.717, 1.165) is 0 Å². The first-order chi connectivity index (χ1) is 9.94. The van der Waals surface area contributed by atoms with E-state index in [2.05, 4.69) is 87.2 Å². The van der Waals surface area contributed by atoms with Crippen LogP contribution >= 0.6 is 0 Å². The van der Waals surface area contributed by atoms with Crippen molar-refractivity contribution < 1.29 is 4.43 Å². The Bertz CT molecular complexity index is 579. The largest absolute Gasteiger partial charge is 0.407 e. The lowest BCUT2D eigenvalue weighted by molar-refractivity contribution is 0.249. The molecule has 0 fully saturated rings. The summed E-state index contributed by atoms with van der Waals surface area (Å²) in [7, 11) is -1.61. The van der Waals surface area contributed by atoms with Gasteiger partial charge in [0.1, 0.15) is 0 Å². The molecule has 0 aromatic heterocycles. The minimum Gasteiger partial charge on any atom is -0.407 e. The molecule has 2 aromatic rings. The minimum absolute atomic E-state index is 0.0254. The fourth-order valence-corrected chi connectivity index (χ4v) is 3.09. The van der Waals surface area contributed by atoms with Gasteiger partial charge in [0.2, 0.25) is 0 Å². The molecule has 0 heterocycles. The molecule has 21 heavy (non-hydrogen) atoms. The molecule has 0 spiro atoms. The Labute approximate surface area is 129 Å². The zero-order valence-electron chi connectivity index (χ0n) is 13.3. The third kappa shape index (κ3) is 5.33. The molecule has 1 atom stereocenters. The van der Waals surface area contributed by atoms with Gasteiger partial charge in [0.25, 0.3) is 0 Å². The average Bonchev–Trinajstić information content (AvgIpc) is 2.44. The van der Waals surface area contributed by atoms with Gasteiger partial charge in [-0.25, -0.2) is 0 Å². The first-order valence-corrected chi connectivity index (χ1v) is 10.8. The zero-order valence-corrected chi connectivity index (χ0v) is 14.3. The third-order valence-corrected chi connectivity index (χ3v) is 4.11. The van der Waals surface area contributed by atoms with Gasteiger partial charge in [-0.3, -0.25) is 0 Å². The number of hydrogen-bond acceptors (Lipinski definition) is 1. The van der Waals surface area contributed by atoms with Crippen LogP contribution in [0, 0.1) is 6.92 Å². The second-order valence-corrected chi connectivity index (χ2v) is 10.8. The summed E-state index contributed by atoms with van der Waals surface area (Å²) in [4.78, 5) is 0. The number of benzene rings is 2. The maximum atomic E-state index is 6.34. The fraction of sp³-hybridized carbons (Fsp3) is 0.263. The highest BCUT2D eigenvalue weighted by molar-refractivity contribution is 6.69. The highest BCUT2D eigenvalue weighted by atomic mass is 28.4. The molecule has 2 heteroatoms. The molecule has 0 aliphatic rings. The molecule has 110 valence electrons. The summed E-state index contributed by atoms with van der Waals surface area (Å²) in [5.41, 5.74) is 3.70. The Hall–Kier alpha value is -1.64. The molecule has 0 aliphatic carbocycles. The highest BCUT2D eigenvalue weighted by Crippen LogP contribution is 2.25. The quantitative estimate of drug-likeness (QED) is 0.652. The Balaban J connectivity index is 2.24. The van der Waals surface area contributed by atoms with Crippen LogP contribution in [0.1, 0.15) is 22.8 Å². The topological polar surface area (TPSA) is 9.23 Å². The van der Waals surface area contributed by atoms with Crippen molar-refractivity contribution in [3.05, 3.63) is 77.4 Å². The van der Waals surface area contributed by atoms with Crippen molar-refractivity contribution in [2.75, 3.05) is 0 Å². The second kappa shape index (κ2) is 6.88. The van der Waals surface area contributed by atoms with Crippen LogP contribution in [-0.4, -0.2) is 8.32 Å². The summed E-state index contributed by atoms with van der Waals surface area (Å²) in [5, 5.41) is 0. The molecule has 2 aromatic carbocycles. The summed E-state index contributed by atoms with van der Waals surface area (Å²) < 4.78 is 6.34. The molecule has 0 aliphatic heterocycles. The molecule has 2 rings (SSSR count). The summed E-state index contributed by atoms with van der Waals surface area (Å²) in [6, 6.07) is 19.0. The lowest BCUT2D eigenvalue weighted by atomic mass is 10.1. The van der Waals surface area contributed by atoms with E-state index in [4.69, 9.17) is 4.43 Å². The van der Waals surface area contributed by atoms with Crippen LogP contribution in [0.5, 0.6) is 0 Å². The smallest absolute Gasteiger partial charge is 0.185 e. The van der Waals surface area contributed by atoms with E-state index >= 15 is 0 Å². The first-order valence-electron chi connectivity index (χ1n) is 7.42. The molecular weight excluding hydrogens is 272 g/mol. The summed E-state index contributed by atoms with van der Waals surface area (Å²) >= 11 is 0. The van der Waals surface area contributed by atoms with Crippen molar-refractivity contribution in [2.45, 2.75) is 32.7 Å². The summed E-state index contributed by atoms with van der Waals surface area (Å²) in [6.07, 6.45) is 4.33. The van der Waals surface area contributed by atoms with Gasteiger partial charge in [-0.05, 0) is 37.7 Å². The number of hydrogen-bond donors (Lipinski definition) is 0. The maximum absolute atomic E-state index is 6.34. The van der Waals surface area contributed by atoms with Gasteiger partial charge in [-0.1, -0.05) is 72.3 Å². The highest BCUT2D eigenvalue weighted by Gasteiger charge is 2.20. The predicted molar refractivity (Wildman–Crippen MR) is 93.8 cm³/mol. The molecule has 0 N–H and O–H groups in total. The molecule has 0 saturated carbocycles. The van der Waals surface area contributed by atoms with E-state index in [1.807, 2.05) is 6.07 Å². The van der Waals surface area contributed by atoms with Crippen molar-refractivity contribution in [3.63, 3.8) is 0 Å². The second-order valence-electron chi connectivity index (χ2n) is 6.33. The van der Waals surface area contributed by atoms with E-state index in [1.165, 1.54) is 16.7 Å². The van der Waals surface area contributed by atoms with Gasteiger partial charge in [0, 0.05) is 0 Å². The fourth-order valence-electron chi connectivity index (χ4n) is 2.12. The normalized spacial score (nSPS) is 13.5. The lowest BCUT2D eigenvalue weighted by Crippen LogP contribution is -2.27. The molecule has 1 nitrogen and oxygen atoms in total. The van der Waals surface area contributed by atoms with E-state index in [1.54, 1.807) is 0 Å². The molecule has 0 bridgehead atoms. The predicted octanol–water partition coefficient (Wildman–Crippen LogP) is 5.60. The van der Waals surface area contributed by atoms with Crippen molar-refractivity contribution in [1.82, 2.24) is 0 Å². The van der Waals surface area contributed by atoms with E-state index in [9.17, 15) is 0 Å². The van der Waals surface area contributed by atoms with Crippen LogP contribution in [0.15, 0.2) is 60.7 Å². The molecule has 0 amide bonds. The average molecular weight is 296 g/mol. The van der Waals surface area contributed by atoms with Crippen LogP contribution in [0.4, 0.5) is 0 Å². The number of aryl methyl sites for hydroxylation is 1. The molecule has 0 saturated heterocycles. The van der Waals surface area contributed by atoms with E-state index < -0.39 is 8.32 Å². The first kappa shape index (κ1) is 15.7. The monoisotopic (exact) mass is 296 g/mol. The summed E-state index contributed by atoms with van der Waals surface area (Å²) in [5.74, 6) is 0. The van der Waals surface area contributed by atoms with Crippen molar-refractivity contribution >= 4 is 14.4 Å². The lowest BCUT2D eigenvalue weighted by Gasteiger charge is -2.24. The van der Waals surface area contributed by atoms with E-state index in [0.29, 0.717) is 0 Å². The minimum atomic E-state index is -1.61.